The van der Waals surface area contributed by atoms with E-state index in [1.807, 2.05) is 0 Å². The third kappa shape index (κ3) is 4.42. The molecule has 2 rings (SSSR count). The molecule has 1 aromatic carbocycles. The molecule has 0 unspecified atom stereocenters. The summed E-state index contributed by atoms with van der Waals surface area (Å²) in [5.74, 6) is -0.920. The van der Waals surface area contributed by atoms with Gasteiger partial charge in [0, 0.05) is 11.8 Å². The summed E-state index contributed by atoms with van der Waals surface area (Å²) < 4.78 is 5.15. The third-order valence-electron chi connectivity index (χ3n) is 2.67. The van der Waals surface area contributed by atoms with Gasteiger partial charge in [-0.2, -0.15) is 0 Å². The van der Waals surface area contributed by atoms with E-state index in [-0.39, 0.29) is 32.5 Å². The van der Waals surface area contributed by atoms with Crippen molar-refractivity contribution in [2.75, 3.05) is 11.9 Å². The van der Waals surface area contributed by atoms with Gasteiger partial charge in [0.25, 0.3) is 11.8 Å². The minimum atomic E-state index is -0.646. The van der Waals surface area contributed by atoms with Crippen molar-refractivity contribution in [3.05, 3.63) is 50.2 Å². The van der Waals surface area contributed by atoms with Crippen LogP contribution in [0.3, 0.4) is 0 Å². The van der Waals surface area contributed by atoms with E-state index in [2.05, 4.69) is 10.3 Å². The zero-order valence-corrected chi connectivity index (χ0v) is 14.8. The molecule has 3 N–H and O–H groups in total. The highest BCUT2D eigenvalue weighted by Gasteiger charge is 2.20. The number of pyridine rings is 1. The molecule has 6 nitrogen and oxygen atoms in total. The molecular formula is C14H9Cl4N3O3. The van der Waals surface area contributed by atoms with E-state index >= 15 is 0 Å². The quantitative estimate of drug-likeness (QED) is 0.735. The SMILES string of the molecule is NC(=O)COc1cccc(NC(=O)c2nc(Cl)c(Cl)c(Cl)c2Cl)c1. The maximum absolute atomic E-state index is 12.3. The highest BCUT2D eigenvalue weighted by Crippen LogP contribution is 2.36. The Hall–Kier alpha value is -1.73. The van der Waals surface area contributed by atoms with Gasteiger partial charge in [-0.3, -0.25) is 9.59 Å². The summed E-state index contributed by atoms with van der Waals surface area (Å²) in [6.45, 7) is -0.285. The zero-order chi connectivity index (χ0) is 17.9. The normalized spacial score (nSPS) is 10.3. The first-order valence-electron chi connectivity index (χ1n) is 6.32. The van der Waals surface area contributed by atoms with Crippen molar-refractivity contribution in [1.29, 1.82) is 0 Å². The molecule has 0 aliphatic rings. The number of hydrogen-bond donors (Lipinski definition) is 2. The first kappa shape index (κ1) is 18.6. The summed E-state index contributed by atoms with van der Waals surface area (Å²) >= 11 is 23.5. The summed E-state index contributed by atoms with van der Waals surface area (Å²) in [7, 11) is 0. The first-order valence-corrected chi connectivity index (χ1v) is 7.83. The predicted octanol–water partition coefficient (Wildman–Crippen LogP) is 3.81. The number of carbonyl (C=O) groups is 2. The fourth-order valence-corrected chi connectivity index (χ4v) is 2.46. The molecule has 0 bridgehead atoms. The molecule has 1 heterocycles. The van der Waals surface area contributed by atoms with Gasteiger partial charge in [0.15, 0.2) is 6.61 Å². The van der Waals surface area contributed by atoms with Gasteiger partial charge in [-0.05, 0) is 12.1 Å². The summed E-state index contributed by atoms with van der Waals surface area (Å²) in [6.07, 6.45) is 0. The van der Waals surface area contributed by atoms with Crippen LogP contribution >= 0.6 is 46.4 Å². The van der Waals surface area contributed by atoms with Crippen LogP contribution in [0.25, 0.3) is 0 Å². The molecule has 2 amide bonds. The van der Waals surface area contributed by atoms with Gasteiger partial charge in [-0.25, -0.2) is 4.98 Å². The molecule has 0 fully saturated rings. The lowest BCUT2D eigenvalue weighted by atomic mass is 10.2. The van der Waals surface area contributed by atoms with Crippen LogP contribution in [-0.4, -0.2) is 23.4 Å². The van der Waals surface area contributed by atoms with E-state index < -0.39 is 11.8 Å². The van der Waals surface area contributed by atoms with Crippen molar-refractivity contribution >= 4 is 63.9 Å². The van der Waals surface area contributed by atoms with E-state index in [0.717, 1.165) is 0 Å². The maximum atomic E-state index is 12.3. The number of nitrogens with one attached hydrogen (secondary N) is 1. The molecule has 0 aliphatic heterocycles. The first-order chi connectivity index (χ1) is 11.3. The Morgan fingerprint density at radius 3 is 2.50 bits per heavy atom. The largest absolute Gasteiger partial charge is 0.484 e. The number of carbonyl (C=O) groups excluding carboxylic acids is 2. The number of benzene rings is 1. The predicted molar refractivity (Wildman–Crippen MR) is 93.4 cm³/mol. The van der Waals surface area contributed by atoms with Gasteiger partial charge in [-0.15, -0.1) is 0 Å². The molecular weight excluding hydrogens is 400 g/mol. The lowest BCUT2D eigenvalue weighted by molar-refractivity contribution is -0.119. The summed E-state index contributed by atoms with van der Waals surface area (Å²) in [6, 6.07) is 6.30. The van der Waals surface area contributed by atoms with Crippen molar-refractivity contribution in [3.63, 3.8) is 0 Å². The smallest absolute Gasteiger partial charge is 0.275 e. The standard InChI is InChI=1S/C14H9Cl4N3O3/c15-9-10(16)12(21-13(18)11(9)17)14(23)20-6-2-1-3-7(4-6)24-5-8(19)22/h1-4H,5H2,(H2,19,22)(H,20,23). The van der Waals surface area contributed by atoms with Gasteiger partial charge in [0.05, 0.1) is 15.1 Å². The van der Waals surface area contributed by atoms with Crippen LogP contribution in [0.4, 0.5) is 5.69 Å². The number of anilines is 1. The molecule has 0 spiro atoms. The number of nitrogens with two attached hydrogens (primary N) is 1. The summed E-state index contributed by atoms with van der Waals surface area (Å²) in [5, 5.41) is 2.19. The van der Waals surface area contributed by atoms with Crippen LogP contribution in [-0.2, 0) is 4.79 Å². The minimum Gasteiger partial charge on any atom is -0.484 e. The van der Waals surface area contributed by atoms with Crippen molar-refractivity contribution in [2.45, 2.75) is 0 Å². The molecule has 0 radical (unpaired) electrons. The lowest BCUT2D eigenvalue weighted by Gasteiger charge is -2.10. The van der Waals surface area contributed by atoms with Gasteiger partial charge in [-0.1, -0.05) is 52.5 Å². The van der Waals surface area contributed by atoms with Crippen molar-refractivity contribution < 1.29 is 14.3 Å². The zero-order valence-electron chi connectivity index (χ0n) is 11.8. The molecule has 126 valence electrons. The molecule has 10 heteroatoms. The Labute approximate surface area is 156 Å². The second-order valence-electron chi connectivity index (χ2n) is 4.43. The Morgan fingerprint density at radius 1 is 1.12 bits per heavy atom. The number of primary amides is 1. The van der Waals surface area contributed by atoms with E-state index in [1.165, 1.54) is 6.07 Å². The molecule has 0 atom stereocenters. The van der Waals surface area contributed by atoms with E-state index in [4.69, 9.17) is 56.9 Å². The van der Waals surface area contributed by atoms with Gasteiger partial charge in [0.2, 0.25) is 0 Å². The Bertz CT molecular complexity index is 814. The number of aromatic nitrogens is 1. The van der Waals surface area contributed by atoms with Crippen LogP contribution < -0.4 is 15.8 Å². The molecule has 0 saturated carbocycles. The van der Waals surface area contributed by atoms with Crippen molar-refractivity contribution in [3.8, 4) is 5.75 Å². The van der Waals surface area contributed by atoms with Gasteiger partial charge in [0.1, 0.15) is 16.6 Å². The molecule has 1 aromatic heterocycles. The Morgan fingerprint density at radius 2 is 1.83 bits per heavy atom. The fraction of sp³-hybridized carbons (Fsp3) is 0.0714. The lowest BCUT2D eigenvalue weighted by Crippen LogP contribution is -2.20. The average molecular weight is 409 g/mol. The number of nitrogens with zero attached hydrogens (tertiary/aromatic N) is 1. The van der Waals surface area contributed by atoms with Gasteiger partial charge >= 0.3 is 0 Å². The van der Waals surface area contributed by atoms with Gasteiger partial charge < -0.3 is 15.8 Å². The van der Waals surface area contributed by atoms with E-state index in [9.17, 15) is 9.59 Å². The van der Waals surface area contributed by atoms with Crippen LogP contribution in [0.1, 0.15) is 10.5 Å². The second kappa shape index (κ2) is 7.90. The highest BCUT2D eigenvalue weighted by atomic mass is 35.5. The minimum absolute atomic E-state index is 0.0401. The summed E-state index contributed by atoms with van der Waals surface area (Å²) in [5.41, 5.74) is 5.20. The van der Waals surface area contributed by atoms with E-state index in [0.29, 0.717) is 11.4 Å². The molecule has 0 aliphatic carbocycles. The molecule has 0 saturated heterocycles. The van der Waals surface area contributed by atoms with Crippen LogP contribution in [0.5, 0.6) is 5.75 Å². The number of hydrogen-bond acceptors (Lipinski definition) is 4. The van der Waals surface area contributed by atoms with Crippen LogP contribution in [0.15, 0.2) is 24.3 Å². The van der Waals surface area contributed by atoms with Crippen LogP contribution in [0.2, 0.25) is 20.2 Å². The third-order valence-corrected chi connectivity index (χ3v) is 4.35. The average Bonchev–Trinajstić information content (AvgIpc) is 2.54. The van der Waals surface area contributed by atoms with Crippen molar-refractivity contribution in [1.82, 2.24) is 4.98 Å². The monoisotopic (exact) mass is 407 g/mol. The molecule has 24 heavy (non-hydrogen) atoms. The number of rotatable bonds is 5. The van der Waals surface area contributed by atoms with Crippen LogP contribution in [0, 0.1) is 0 Å². The Kier molecular flexibility index (Phi) is 6.12. The summed E-state index contributed by atoms with van der Waals surface area (Å²) in [4.78, 5) is 26.8. The fourth-order valence-electron chi connectivity index (χ4n) is 1.65. The Balaban J connectivity index is 2.21. The topological polar surface area (TPSA) is 94.3 Å². The molecule has 2 aromatic rings. The highest BCUT2D eigenvalue weighted by molar-refractivity contribution is 6.52. The number of halogens is 4. The van der Waals surface area contributed by atoms with Crippen molar-refractivity contribution in [2.24, 2.45) is 5.73 Å². The number of amides is 2. The van der Waals surface area contributed by atoms with E-state index in [1.54, 1.807) is 18.2 Å². The maximum Gasteiger partial charge on any atom is 0.275 e. The second-order valence-corrected chi connectivity index (χ2v) is 5.92. The number of ether oxygens (including phenoxy) is 1.